The Hall–Kier alpha value is -3.65. The summed E-state index contributed by atoms with van der Waals surface area (Å²) in [6.45, 7) is 4.11. The van der Waals surface area contributed by atoms with Gasteiger partial charge in [0.05, 0.1) is 11.3 Å². The Kier molecular flexibility index (Phi) is 8.07. The second-order valence-electron chi connectivity index (χ2n) is 7.86. The van der Waals surface area contributed by atoms with Crippen molar-refractivity contribution in [1.29, 1.82) is 0 Å². The van der Waals surface area contributed by atoms with Gasteiger partial charge < -0.3 is 15.3 Å². The fourth-order valence-electron chi connectivity index (χ4n) is 3.12. The molecule has 0 aromatic heterocycles. The third-order valence-electron chi connectivity index (χ3n) is 5.29. The first kappa shape index (κ1) is 25.0. The number of oxime groups is 1. The van der Waals surface area contributed by atoms with Crippen molar-refractivity contribution in [1.82, 2.24) is 5.32 Å². The standard InChI is InChI=1S/C26H25F3N2O3/c1-17(21-7-3-19(4-8-21)15-30-18(2)25(32)33)31-34-16-20-5-9-22(10-6-20)23-11-13-24(14-12-23)26(27,28)29/h3-14,18,30H,15-16H2,1-2H3,(H,32,33). The molecule has 8 heteroatoms. The van der Waals surface area contributed by atoms with Crippen molar-refractivity contribution in [2.45, 2.75) is 39.2 Å². The summed E-state index contributed by atoms with van der Waals surface area (Å²) in [5.41, 5.74) is 4.25. The van der Waals surface area contributed by atoms with Crippen LogP contribution in [0.5, 0.6) is 0 Å². The Bertz CT molecular complexity index is 1120. The predicted octanol–water partition coefficient (Wildman–Crippen LogP) is 5.88. The lowest BCUT2D eigenvalue weighted by atomic mass is 10.0. The van der Waals surface area contributed by atoms with Gasteiger partial charge in [-0.2, -0.15) is 13.2 Å². The molecule has 3 rings (SSSR count). The van der Waals surface area contributed by atoms with Gasteiger partial charge in [0.25, 0.3) is 0 Å². The van der Waals surface area contributed by atoms with E-state index in [0.717, 1.165) is 34.4 Å². The van der Waals surface area contributed by atoms with Crippen LogP contribution in [0, 0.1) is 0 Å². The summed E-state index contributed by atoms with van der Waals surface area (Å²) in [5.74, 6) is -0.897. The number of nitrogens with one attached hydrogen (secondary N) is 1. The summed E-state index contributed by atoms with van der Waals surface area (Å²) < 4.78 is 38.1. The van der Waals surface area contributed by atoms with E-state index in [9.17, 15) is 18.0 Å². The summed E-state index contributed by atoms with van der Waals surface area (Å²) in [7, 11) is 0. The monoisotopic (exact) mass is 470 g/mol. The molecule has 0 aliphatic rings. The topological polar surface area (TPSA) is 70.9 Å². The molecule has 0 aliphatic heterocycles. The molecule has 34 heavy (non-hydrogen) atoms. The van der Waals surface area contributed by atoms with Crippen molar-refractivity contribution in [2.75, 3.05) is 0 Å². The SMILES string of the molecule is CC(=NOCc1ccc(-c2ccc(C(F)(F)F)cc2)cc1)c1ccc(CNC(C)C(=O)O)cc1. The molecule has 178 valence electrons. The van der Waals surface area contributed by atoms with E-state index in [2.05, 4.69) is 10.5 Å². The molecule has 1 atom stereocenters. The average Bonchev–Trinajstić information content (AvgIpc) is 2.82. The highest BCUT2D eigenvalue weighted by Crippen LogP contribution is 2.31. The molecule has 0 aliphatic carbocycles. The molecule has 1 unspecified atom stereocenters. The summed E-state index contributed by atoms with van der Waals surface area (Å²) >= 11 is 0. The smallest absolute Gasteiger partial charge is 0.416 e. The fraction of sp³-hybridized carbons (Fsp3) is 0.231. The number of hydrogen-bond donors (Lipinski definition) is 2. The van der Waals surface area contributed by atoms with Crippen molar-refractivity contribution in [3.05, 3.63) is 95.1 Å². The van der Waals surface area contributed by atoms with E-state index in [1.165, 1.54) is 12.1 Å². The van der Waals surface area contributed by atoms with Gasteiger partial charge in [-0.3, -0.25) is 4.79 Å². The minimum absolute atomic E-state index is 0.250. The van der Waals surface area contributed by atoms with Crippen molar-refractivity contribution < 1.29 is 27.9 Å². The van der Waals surface area contributed by atoms with E-state index >= 15 is 0 Å². The summed E-state index contributed by atoms with van der Waals surface area (Å²) in [5, 5.41) is 16.0. The minimum Gasteiger partial charge on any atom is -0.480 e. The van der Waals surface area contributed by atoms with E-state index in [1.807, 2.05) is 55.5 Å². The number of benzene rings is 3. The normalized spacial score (nSPS) is 12.9. The Morgan fingerprint density at radius 2 is 1.47 bits per heavy atom. The zero-order chi connectivity index (χ0) is 24.7. The van der Waals surface area contributed by atoms with Gasteiger partial charge >= 0.3 is 12.1 Å². The Morgan fingerprint density at radius 3 is 2.00 bits per heavy atom. The summed E-state index contributed by atoms with van der Waals surface area (Å²) in [6.07, 6.45) is -4.35. The van der Waals surface area contributed by atoms with E-state index in [4.69, 9.17) is 9.94 Å². The number of aliphatic carboxylic acids is 1. The maximum absolute atomic E-state index is 12.7. The maximum atomic E-state index is 12.7. The second kappa shape index (κ2) is 11.0. The summed E-state index contributed by atoms with van der Waals surface area (Å²) in [4.78, 5) is 16.3. The van der Waals surface area contributed by atoms with Crippen LogP contribution in [0.25, 0.3) is 11.1 Å². The van der Waals surface area contributed by atoms with Crippen LogP contribution >= 0.6 is 0 Å². The van der Waals surface area contributed by atoms with E-state index in [1.54, 1.807) is 6.92 Å². The van der Waals surface area contributed by atoms with Crippen LogP contribution in [0.1, 0.15) is 36.1 Å². The predicted molar refractivity (Wildman–Crippen MR) is 124 cm³/mol. The first-order valence-corrected chi connectivity index (χ1v) is 10.6. The number of hydrogen-bond acceptors (Lipinski definition) is 4. The van der Waals surface area contributed by atoms with Crippen LogP contribution in [0.4, 0.5) is 13.2 Å². The highest BCUT2D eigenvalue weighted by molar-refractivity contribution is 5.98. The lowest BCUT2D eigenvalue weighted by Gasteiger charge is -2.09. The number of nitrogens with zero attached hydrogens (tertiary/aromatic N) is 1. The Labute approximate surface area is 195 Å². The largest absolute Gasteiger partial charge is 0.480 e. The second-order valence-corrected chi connectivity index (χ2v) is 7.86. The summed E-state index contributed by atoms with van der Waals surface area (Å²) in [6, 6.07) is 19.4. The first-order chi connectivity index (χ1) is 16.1. The highest BCUT2D eigenvalue weighted by Gasteiger charge is 2.29. The molecule has 0 saturated heterocycles. The number of rotatable bonds is 9. The molecular formula is C26H25F3N2O3. The fourth-order valence-corrected chi connectivity index (χ4v) is 3.12. The van der Waals surface area contributed by atoms with Gasteiger partial charge in [-0.15, -0.1) is 0 Å². The van der Waals surface area contributed by atoms with Gasteiger partial charge in [0, 0.05) is 6.54 Å². The lowest BCUT2D eigenvalue weighted by Crippen LogP contribution is -2.33. The zero-order valence-corrected chi connectivity index (χ0v) is 18.8. The van der Waals surface area contributed by atoms with Gasteiger partial charge in [0.1, 0.15) is 12.6 Å². The van der Waals surface area contributed by atoms with Gasteiger partial charge in [0.15, 0.2) is 0 Å². The van der Waals surface area contributed by atoms with Crippen LogP contribution in [0.15, 0.2) is 78.0 Å². The highest BCUT2D eigenvalue weighted by atomic mass is 19.4. The Morgan fingerprint density at radius 1 is 0.941 bits per heavy atom. The van der Waals surface area contributed by atoms with Crippen LogP contribution in [-0.4, -0.2) is 22.8 Å². The number of alkyl halides is 3. The molecular weight excluding hydrogens is 445 g/mol. The van der Waals surface area contributed by atoms with Crippen molar-refractivity contribution in [3.63, 3.8) is 0 Å². The minimum atomic E-state index is -4.35. The molecule has 0 radical (unpaired) electrons. The number of carboxylic acid groups (broad SMARTS) is 1. The lowest BCUT2D eigenvalue weighted by molar-refractivity contribution is -0.139. The van der Waals surface area contributed by atoms with Gasteiger partial charge in [0.2, 0.25) is 0 Å². The number of carboxylic acids is 1. The molecule has 0 saturated carbocycles. The third kappa shape index (κ3) is 6.92. The van der Waals surface area contributed by atoms with Crippen molar-refractivity contribution in [2.24, 2.45) is 5.16 Å². The van der Waals surface area contributed by atoms with E-state index in [0.29, 0.717) is 17.8 Å². The average molecular weight is 470 g/mol. The molecule has 0 bridgehead atoms. The number of halogens is 3. The maximum Gasteiger partial charge on any atom is 0.416 e. The van der Waals surface area contributed by atoms with Gasteiger partial charge in [-0.05, 0) is 53.8 Å². The van der Waals surface area contributed by atoms with E-state index in [-0.39, 0.29) is 6.61 Å². The van der Waals surface area contributed by atoms with Crippen LogP contribution in [-0.2, 0) is 29.0 Å². The van der Waals surface area contributed by atoms with Crippen molar-refractivity contribution in [3.8, 4) is 11.1 Å². The number of carbonyl (C=O) groups is 1. The quantitative estimate of drug-likeness (QED) is 0.303. The third-order valence-corrected chi connectivity index (χ3v) is 5.29. The zero-order valence-electron chi connectivity index (χ0n) is 18.8. The first-order valence-electron chi connectivity index (χ1n) is 10.6. The van der Waals surface area contributed by atoms with Crippen molar-refractivity contribution >= 4 is 11.7 Å². The van der Waals surface area contributed by atoms with Crippen LogP contribution in [0.3, 0.4) is 0 Å². The molecule has 2 N–H and O–H groups in total. The Balaban J connectivity index is 1.53. The molecule has 0 amide bonds. The molecule has 0 spiro atoms. The molecule has 3 aromatic carbocycles. The van der Waals surface area contributed by atoms with E-state index < -0.39 is 23.8 Å². The van der Waals surface area contributed by atoms with Crippen LogP contribution < -0.4 is 5.32 Å². The molecule has 3 aromatic rings. The van der Waals surface area contributed by atoms with Crippen LogP contribution in [0.2, 0.25) is 0 Å². The molecule has 5 nitrogen and oxygen atoms in total. The molecule has 0 heterocycles. The molecule has 0 fully saturated rings. The van der Waals surface area contributed by atoms with Gasteiger partial charge in [-0.25, -0.2) is 0 Å². The van der Waals surface area contributed by atoms with Gasteiger partial charge in [-0.1, -0.05) is 65.8 Å².